The van der Waals surface area contributed by atoms with E-state index in [1.54, 1.807) is 18.2 Å². The summed E-state index contributed by atoms with van der Waals surface area (Å²) in [6, 6.07) is 11.1. The molecule has 160 valence electrons. The third kappa shape index (κ3) is 5.90. The lowest BCUT2D eigenvalue weighted by molar-refractivity contribution is -0.111. The van der Waals surface area contributed by atoms with Crippen molar-refractivity contribution in [3.63, 3.8) is 0 Å². The van der Waals surface area contributed by atoms with Gasteiger partial charge < -0.3 is 24.4 Å². The van der Waals surface area contributed by atoms with Crippen LogP contribution in [0.3, 0.4) is 0 Å². The van der Waals surface area contributed by atoms with Crippen molar-refractivity contribution in [1.82, 2.24) is 0 Å². The Morgan fingerprint density at radius 3 is 2.57 bits per heavy atom. The van der Waals surface area contributed by atoms with E-state index < -0.39 is 0 Å². The molecular formula is C23H27ClN2O4. The predicted octanol–water partition coefficient (Wildman–Crippen LogP) is 4.63. The van der Waals surface area contributed by atoms with Crippen molar-refractivity contribution in [3.8, 4) is 11.5 Å². The second-order valence-electron chi connectivity index (χ2n) is 6.66. The van der Waals surface area contributed by atoms with Gasteiger partial charge in [0, 0.05) is 36.3 Å². The Balaban J connectivity index is 1.84. The molecule has 1 saturated heterocycles. The molecule has 0 bridgehead atoms. The average molecular weight is 431 g/mol. The zero-order chi connectivity index (χ0) is 21.3. The summed E-state index contributed by atoms with van der Waals surface area (Å²) in [5.41, 5.74) is 2.36. The Hall–Kier alpha value is -2.70. The molecule has 3 rings (SSSR count). The molecule has 0 aliphatic carbocycles. The standard InChI is InChI=1S/C23H27ClN2O4/c1-3-29-21-16-20(26-10-12-28-13-11-26)22(30-4-2)15-19(21)25-23(27)9-8-17-6-5-7-18(24)14-17/h5-9,14-16H,3-4,10-13H2,1-2H3,(H,25,27)/b9-8+. The number of hydrogen-bond acceptors (Lipinski definition) is 5. The fraction of sp³-hybridized carbons (Fsp3) is 0.348. The molecule has 0 atom stereocenters. The van der Waals surface area contributed by atoms with Gasteiger partial charge in [0.15, 0.2) is 0 Å². The number of morpholine rings is 1. The van der Waals surface area contributed by atoms with Crippen LogP contribution in [0.4, 0.5) is 11.4 Å². The van der Waals surface area contributed by atoms with Gasteiger partial charge in [-0.2, -0.15) is 0 Å². The molecule has 0 aromatic heterocycles. The first-order valence-electron chi connectivity index (χ1n) is 10.1. The lowest BCUT2D eigenvalue weighted by atomic mass is 10.2. The molecule has 1 aliphatic rings. The SMILES string of the molecule is CCOc1cc(N2CCOCC2)c(OCC)cc1NC(=O)/C=C/c1cccc(Cl)c1. The lowest BCUT2D eigenvalue weighted by Crippen LogP contribution is -2.36. The van der Waals surface area contributed by atoms with Crippen LogP contribution in [0.5, 0.6) is 11.5 Å². The number of nitrogens with one attached hydrogen (secondary N) is 1. The van der Waals surface area contributed by atoms with Crippen molar-refractivity contribution >= 4 is 35.0 Å². The maximum Gasteiger partial charge on any atom is 0.248 e. The van der Waals surface area contributed by atoms with Crippen molar-refractivity contribution < 1.29 is 19.0 Å². The summed E-state index contributed by atoms with van der Waals surface area (Å²) in [5.74, 6) is 1.04. The summed E-state index contributed by atoms with van der Waals surface area (Å²) in [4.78, 5) is 14.7. The molecule has 6 nitrogen and oxygen atoms in total. The molecule has 1 fully saturated rings. The van der Waals surface area contributed by atoms with E-state index in [2.05, 4.69) is 10.2 Å². The maximum atomic E-state index is 12.5. The van der Waals surface area contributed by atoms with Crippen molar-refractivity contribution in [3.05, 3.63) is 53.1 Å². The summed E-state index contributed by atoms with van der Waals surface area (Å²) in [7, 11) is 0. The number of ether oxygens (including phenoxy) is 3. The average Bonchev–Trinajstić information content (AvgIpc) is 2.75. The molecule has 0 unspecified atom stereocenters. The molecular weight excluding hydrogens is 404 g/mol. The molecule has 7 heteroatoms. The first-order chi connectivity index (χ1) is 14.6. The molecule has 1 amide bonds. The number of hydrogen-bond donors (Lipinski definition) is 1. The second-order valence-corrected chi connectivity index (χ2v) is 7.10. The van der Waals surface area contributed by atoms with Gasteiger partial charge in [-0.1, -0.05) is 23.7 Å². The van der Waals surface area contributed by atoms with Crippen molar-refractivity contribution in [2.75, 3.05) is 49.7 Å². The van der Waals surface area contributed by atoms with Crippen LogP contribution in [-0.4, -0.2) is 45.4 Å². The summed E-state index contributed by atoms with van der Waals surface area (Å²) >= 11 is 5.99. The number of nitrogens with zero attached hydrogens (tertiary/aromatic N) is 1. The number of halogens is 1. The van der Waals surface area contributed by atoms with Gasteiger partial charge >= 0.3 is 0 Å². The lowest BCUT2D eigenvalue weighted by Gasteiger charge is -2.31. The fourth-order valence-electron chi connectivity index (χ4n) is 3.20. The van der Waals surface area contributed by atoms with E-state index in [0.717, 1.165) is 24.3 Å². The van der Waals surface area contributed by atoms with Gasteiger partial charge in [0.1, 0.15) is 11.5 Å². The van der Waals surface area contributed by atoms with Crippen LogP contribution in [0, 0.1) is 0 Å². The quantitative estimate of drug-likeness (QED) is 0.619. The Kier molecular flexibility index (Phi) is 7.99. The molecule has 0 spiro atoms. The maximum absolute atomic E-state index is 12.5. The molecule has 1 aliphatic heterocycles. The Labute approximate surface area is 182 Å². The van der Waals surface area contributed by atoms with Crippen LogP contribution < -0.4 is 19.7 Å². The minimum atomic E-state index is -0.266. The normalized spacial score (nSPS) is 14.0. The van der Waals surface area contributed by atoms with Gasteiger partial charge in [-0.3, -0.25) is 4.79 Å². The molecule has 0 saturated carbocycles. The van der Waals surface area contributed by atoms with Crippen LogP contribution in [0.25, 0.3) is 6.08 Å². The first-order valence-corrected chi connectivity index (χ1v) is 10.5. The van der Waals surface area contributed by atoms with Crippen LogP contribution in [0.15, 0.2) is 42.5 Å². The van der Waals surface area contributed by atoms with Crippen LogP contribution in [0.2, 0.25) is 5.02 Å². The topological polar surface area (TPSA) is 60.0 Å². The third-order valence-electron chi connectivity index (χ3n) is 4.55. The Morgan fingerprint density at radius 2 is 1.87 bits per heavy atom. The number of anilines is 2. The minimum Gasteiger partial charge on any atom is -0.492 e. The largest absolute Gasteiger partial charge is 0.492 e. The fourth-order valence-corrected chi connectivity index (χ4v) is 3.40. The molecule has 1 heterocycles. The second kappa shape index (κ2) is 10.9. The van der Waals surface area contributed by atoms with E-state index in [0.29, 0.717) is 48.6 Å². The molecule has 30 heavy (non-hydrogen) atoms. The highest BCUT2D eigenvalue weighted by Crippen LogP contribution is 2.39. The third-order valence-corrected chi connectivity index (χ3v) is 4.78. The smallest absolute Gasteiger partial charge is 0.248 e. The molecule has 1 N–H and O–H groups in total. The number of benzene rings is 2. The van der Waals surface area contributed by atoms with Crippen molar-refractivity contribution in [1.29, 1.82) is 0 Å². The zero-order valence-corrected chi connectivity index (χ0v) is 18.1. The van der Waals surface area contributed by atoms with Crippen LogP contribution >= 0.6 is 11.6 Å². The Bertz CT molecular complexity index is 895. The summed E-state index contributed by atoms with van der Waals surface area (Å²) in [6.07, 6.45) is 3.19. The van der Waals surface area contributed by atoms with Gasteiger partial charge in [-0.05, 0) is 37.6 Å². The monoisotopic (exact) mass is 430 g/mol. The first kappa shape index (κ1) is 22.0. The van der Waals surface area contributed by atoms with Crippen molar-refractivity contribution in [2.24, 2.45) is 0 Å². The van der Waals surface area contributed by atoms with Crippen molar-refractivity contribution in [2.45, 2.75) is 13.8 Å². The highest BCUT2D eigenvalue weighted by atomic mass is 35.5. The van der Waals surface area contributed by atoms with Gasteiger partial charge in [0.2, 0.25) is 5.91 Å². The summed E-state index contributed by atoms with van der Waals surface area (Å²) in [5, 5.41) is 3.52. The van der Waals surface area contributed by atoms with Gasteiger partial charge in [-0.15, -0.1) is 0 Å². The highest BCUT2D eigenvalue weighted by molar-refractivity contribution is 6.30. The van der Waals surface area contributed by atoms with E-state index in [4.69, 9.17) is 25.8 Å². The predicted molar refractivity (Wildman–Crippen MR) is 121 cm³/mol. The van der Waals surface area contributed by atoms with Crippen LogP contribution in [-0.2, 0) is 9.53 Å². The van der Waals surface area contributed by atoms with Gasteiger partial charge in [-0.25, -0.2) is 0 Å². The minimum absolute atomic E-state index is 0.266. The zero-order valence-electron chi connectivity index (χ0n) is 17.3. The Morgan fingerprint density at radius 1 is 1.13 bits per heavy atom. The number of rotatable bonds is 8. The van der Waals surface area contributed by atoms with E-state index in [-0.39, 0.29) is 5.91 Å². The van der Waals surface area contributed by atoms with E-state index in [1.807, 2.05) is 38.1 Å². The molecule has 2 aromatic carbocycles. The number of carbonyl (C=O) groups is 1. The van der Waals surface area contributed by atoms with Gasteiger partial charge in [0.25, 0.3) is 0 Å². The van der Waals surface area contributed by atoms with E-state index in [1.165, 1.54) is 6.08 Å². The summed E-state index contributed by atoms with van der Waals surface area (Å²) < 4.78 is 17.1. The number of amides is 1. The molecule has 2 aromatic rings. The van der Waals surface area contributed by atoms with E-state index >= 15 is 0 Å². The van der Waals surface area contributed by atoms with E-state index in [9.17, 15) is 4.79 Å². The highest BCUT2D eigenvalue weighted by Gasteiger charge is 2.20. The number of carbonyl (C=O) groups excluding carboxylic acids is 1. The van der Waals surface area contributed by atoms with Gasteiger partial charge in [0.05, 0.1) is 37.8 Å². The summed E-state index contributed by atoms with van der Waals surface area (Å²) in [6.45, 7) is 7.75. The molecule has 0 radical (unpaired) electrons. The van der Waals surface area contributed by atoms with Crippen LogP contribution in [0.1, 0.15) is 19.4 Å².